The number of nitrogens with one attached hydrogen (secondary N) is 2. The first-order valence-corrected chi connectivity index (χ1v) is 8.67. The Morgan fingerprint density at radius 1 is 1.00 bits per heavy atom. The first-order valence-electron chi connectivity index (χ1n) is 7.85. The van der Waals surface area contributed by atoms with Gasteiger partial charge >= 0.3 is 12.0 Å². The van der Waals surface area contributed by atoms with Crippen LogP contribution in [0.5, 0.6) is 0 Å². The number of hydrogen-bond donors (Lipinski definition) is 2. The second kappa shape index (κ2) is 7.79. The van der Waals surface area contributed by atoms with E-state index in [1.165, 1.54) is 18.4 Å². The smallest absolute Gasteiger partial charge is 0.349 e. The van der Waals surface area contributed by atoms with Crippen molar-refractivity contribution < 1.29 is 19.1 Å². The number of amides is 3. The molecule has 3 amide bonds. The van der Waals surface area contributed by atoms with E-state index in [0.29, 0.717) is 10.4 Å². The summed E-state index contributed by atoms with van der Waals surface area (Å²) >= 11 is 1.29. The van der Waals surface area contributed by atoms with Crippen LogP contribution >= 0.6 is 11.3 Å². The maximum Gasteiger partial charge on any atom is 0.349 e. The molecule has 1 aromatic heterocycles. The molecular formula is C19H16N2O4S. The number of carbonyl (C=O) groups is 3. The van der Waals surface area contributed by atoms with Crippen molar-refractivity contribution in [1.29, 1.82) is 0 Å². The van der Waals surface area contributed by atoms with E-state index < -0.39 is 24.0 Å². The van der Waals surface area contributed by atoms with E-state index in [1.54, 1.807) is 36.4 Å². The average molecular weight is 368 g/mol. The molecule has 1 atom stereocenters. The number of rotatable bonds is 4. The Balaban J connectivity index is 1.85. The SMILES string of the molecule is CNC(=O)NC(=O)[C@H](OC(=O)c1cc2ccccc2s1)c1ccccc1. The number of hydrogen-bond acceptors (Lipinski definition) is 5. The van der Waals surface area contributed by atoms with E-state index in [4.69, 9.17) is 4.74 Å². The molecule has 7 heteroatoms. The van der Waals surface area contributed by atoms with Crippen LogP contribution in [0.1, 0.15) is 21.3 Å². The van der Waals surface area contributed by atoms with Crippen LogP contribution in [0.25, 0.3) is 10.1 Å². The van der Waals surface area contributed by atoms with Crippen LogP contribution in [0, 0.1) is 0 Å². The molecule has 0 aliphatic heterocycles. The fourth-order valence-corrected chi connectivity index (χ4v) is 3.33. The highest BCUT2D eigenvalue weighted by molar-refractivity contribution is 7.20. The summed E-state index contributed by atoms with van der Waals surface area (Å²) in [5, 5.41) is 5.37. The zero-order valence-electron chi connectivity index (χ0n) is 13.9. The van der Waals surface area contributed by atoms with Gasteiger partial charge in [-0.2, -0.15) is 0 Å². The second-order valence-corrected chi connectivity index (χ2v) is 6.50. The molecule has 0 saturated heterocycles. The van der Waals surface area contributed by atoms with Gasteiger partial charge in [0.05, 0.1) is 0 Å². The van der Waals surface area contributed by atoms with Gasteiger partial charge in [-0.1, -0.05) is 48.5 Å². The van der Waals surface area contributed by atoms with Crippen LogP contribution in [-0.2, 0) is 9.53 Å². The maximum absolute atomic E-state index is 12.6. The summed E-state index contributed by atoms with van der Waals surface area (Å²) in [6.07, 6.45) is -1.23. The Hall–Kier alpha value is -3.19. The lowest BCUT2D eigenvalue weighted by atomic mass is 10.1. The van der Waals surface area contributed by atoms with Crippen molar-refractivity contribution in [2.75, 3.05) is 7.05 Å². The molecule has 0 bridgehead atoms. The van der Waals surface area contributed by atoms with Gasteiger partial charge in [0.15, 0.2) is 0 Å². The van der Waals surface area contributed by atoms with Crippen LogP contribution in [-0.4, -0.2) is 25.0 Å². The molecule has 0 unspecified atom stereocenters. The zero-order chi connectivity index (χ0) is 18.5. The van der Waals surface area contributed by atoms with E-state index in [9.17, 15) is 14.4 Å². The minimum Gasteiger partial charge on any atom is -0.443 e. The molecule has 2 aromatic carbocycles. The Bertz CT molecular complexity index is 919. The summed E-state index contributed by atoms with van der Waals surface area (Å²) < 4.78 is 6.39. The first kappa shape index (κ1) is 17.6. The van der Waals surface area contributed by atoms with Crippen molar-refractivity contribution in [3.8, 4) is 0 Å². The lowest BCUT2D eigenvalue weighted by Gasteiger charge is -2.17. The molecule has 0 saturated carbocycles. The third kappa shape index (κ3) is 3.89. The van der Waals surface area contributed by atoms with Gasteiger partial charge in [0.25, 0.3) is 5.91 Å². The first-order chi connectivity index (χ1) is 12.6. The molecule has 26 heavy (non-hydrogen) atoms. The second-order valence-electron chi connectivity index (χ2n) is 5.41. The molecule has 0 aliphatic carbocycles. The van der Waals surface area contributed by atoms with Gasteiger partial charge < -0.3 is 10.1 Å². The highest BCUT2D eigenvalue weighted by atomic mass is 32.1. The van der Waals surface area contributed by atoms with E-state index in [2.05, 4.69) is 10.6 Å². The lowest BCUT2D eigenvalue weighted by Crippen LogP contribution is -2.41. The average Bonchev–Trinajstić information content (AvgIpc) is 3.10. The topological polar surface area (TPSA) is 84.5 Å². The molecule has 0 fully saturated rings. The maximum atomic E-state index is 12.6. The van der Waals surface area contributed by atoms with E-state index in [0.717, 1.165) is 10.1 Å². The fraction of sp³-hybridized carbons (Fsp3) is 0.105. The monoisotopic (exact) mass is 368 g/mol. The minimum absolute atomic E-state index is 0.389. The predicted octanol–water partition coefficient (Wildman–Crippen LogP) is 3.26. The summed E-state index contributed by atoms with van der Waals surface area (Å²) in [7, 11) is 1.39. The molecular weight excluding hydrogens is 352 g/mol. The predicted molar refractivity (Wildman–Crippen MR) is 99.0 cm³/mol. The molecule has 2 N–H and O–H groups in total. The van der Waals surface area contributed by atoms with Gasteiger partial charge in [-0.3, -0.25) is 10.1 Å². The largest absolute Gasteiger partial charge is 0.443 e. The third-order valence-corrected chi connectivity index (χ3v) is 4.75. The van der Waals surface area contributed by atoms with Gasteiger partial charge in [0, 0.05) is 17.3 Å². The van der Waals surface area contributed by atoms with E-state index in [-0.39, 0.29) is 0 Å². The minimum atomic E-state index is -1.23. The van der Waals surface area contributed by atoms with Gasteiger partial charge in [0.1, 0.15) is 4.88 Å². The van der Waals surface area contributed by atoms with Crippen LogP contribution in [0.2, 0.25) is 0 Å². The number of benzene rings is 2. The highest BCUT2D eigenvalue weighted by Crippen LogP contribution is 2.28. The van der Waals surface area contributed by atoms with E-state index in [1.807, 2.05) is 24.3 Å². The fourth-order valence-electron chi connectivity index (χ4n) is 2.39. The van der Waals surface area contributed by atoms with Crippen molar-refractivity contribution in [3.63, 3.8) is 0 Å². The van der Waals surface area contributed by atoms with E-state index >= 15 is 0 Å². The molecule has 0 spiro atoms. The van der Waals surface area contributed by atoms with Crippen LogP contribution in [0.3, 0.4) is 0 Å². The number of imide groups is 1. The normalized spacial score (nSPS) is 11.6. The lowest BCUT2D eigenvalue weighted by molar-refractivity contribution is -0.129. The van der Waals surface area contributed by atoms with Crippen molar-refractivity contribution in [2.45, 2.75) is 6.10 Å². The Morgan fingerprint density at radius 3 is 2.38 bits per heavy atom. The molecule has 6 nitrogen and oxygen atoms in total. The number of fused-ring (bicyclic) bond motifs is 1. The number of ether oxygens (including phenoxy) is 1. The van der Waals surface area contributed by atoms with Crippen molar-refractivity contribution in [3.05, 3.63) is 71.1 Å². The third-order valence-electron chi connectivity index (χ3n) is 3.66. The summed E-state index contributed by atoms with van der Waals surface area (Å²) in [6.45, 7) is 0. The molecule has 0 radical (unpaired) electrons. The van der Waals surface area contributed by atoms with Crippen LogP contribution < -0.4 is 10.6 Å². The summed E-state index contributed by atoms with van der Waals surface area (Å²) in [5.74, 6) is -1.34. The molecule has 1 heterocycles. The van der Waals surface area contributed by atoms with Gasteiger partial charge in [-0.05, 0) is 17.5 Å². The van der Waals surface area contributed by atoms with Crippen molar-refractivity contribution in [2.24, 2.45) is 0 Å². The summed E-state index contributed by atoms with van der Waals surface area (Å²) in [6, 6.07) is 17.2. The highest BCUT2D eigenvalue weighted by Gasteiger charge is 2.27. The van der Waals surface area contributed by atoms with Crippen molar-refractivity contribution >= 4 is 39.3 Å². The zero-order valence-corrected chi connectivity index (χ0v) is 14.7. The quantitative estimate of drug-likeness (QED) is 0.693. The number of esters is 1. The van der Waals surface area contributed by atoms with Crippen LogP contribution in [0.4, 0.5) is 4.79 Å². The number of carbonyl (C=O) groups excluding carboxylic acids is 3. The van der Waals surface area contributed by atoms with Gasteiger partial charge in [-0.25, -0.2) is 9.59 Å². The molecule has 3 rings (SSSR count). The molecule has 132 valence electrons. The molecule has 0 aliphatic rings. The number of urea groups is 1. The summed E-state index contributed by atoms with van der Waals surface area (Å²) in [4.78, 5) is 36.8. The van der Waals surface area contributed by atoms with Crippen molar-refractivity contribution in [1.82, 2.24) is 10.6 Å². The van der Waals surface area contributed by atoms with Gasteiger partial charge in [0.2, 0.25) is 6.10 Å². The summed E-state index contributed by atoms with van der Waals surface area (Å²) in [5.41, 5.74) is 0.475. The standard InChI is InChI=1S/C19H16N2O4S/c1-20-19(24)21-17(22)16(12-7-3-2-4-8-12)25-18(23)15-11-13-9-5-6-10-14(13)26-15/h2-11,16H,1H3,(H2,20,21,22,24)/t16-/m1/s1. The Morgan fingerprint density at radius 2 is 1.69 bits per heavy atom. The molecule has 3 aromatic rings. The Labute approximate surface area is 153 Å². The van der Waals surface area contributed by atoms with Gasteiger partial charge in [-0.15, -0.1) is 11.3 Å². The Kier molecular flexibility index (Phi) is 5.28. The number of thiophene rings is 1. The van der Waals surface area contributed by atoms with Crippen LogP contribution in [0.15, 0.2) is 60.7 Å².